The predicted molar refractivity (Wildman–Crippen MR) is 76.6 cm³/mol. The van der Waals surface area contributed by atoms with Crippen LogP contribution in [0.2, 0.25) is 0 Å². The highest BCUT2D eigenvalue weighted by atomic mass is 19.1. The first-order chi connectivity index (χ1) is 10.0. The van der Waals surface area contributed by atoms with Crippen LogP contribution in [0, 0.1) is 15.9 Å². The molecule has 0 aromatic heterocycles. The molecule has 0 atom stereocenters. The number of halogens is 1. The van der Waals surface area contributed by atoms with Crippen LogP contribution in [-0.2, 0) is 4.79 Å². The molecule has 6 nitrogen and oxygen atoms in total. The molecule has 0 unspecified atom stereocenters. The molecule has 2 aromatic rings. The number of carbonyl (C=O) groups excluding carboxylic acids is 1. The van der Waals surface area contributed by atoms with Gasteiger partial charge in [-0.25, -0.2) is 4.39 Å². The van der Waals surface area contributed by atoms with Gasteiger partial charge in [0.05, 0.1) is 11.5 Å². The second-order valence-electron chi connectivity index (χ2n) is 4.22. The van der Waals surface area contributed by atoms with Crippen molar-refractivity contribution in [3.05, 3.63) is 64.5 Å². The first-order valence-electron chi connectivity index (χ1n) is 6.08. The monoisotopic (exact) mass is 289 g/mol. The number of amides is 1. The third kappa shape index (κ3) is 4.27. The van der Waals surface area contributed by atoms with Crippen LogP contribution < -0.4 is 10.6 Å². The molecule has 108 valence electrons. The highest BCUT2D eigenvalue weighted by Crippen LogP contribution is 2.16. The van der Waals surface area contributed by atoms with Crippen LogP contribution in [0.5, 0.6) is 0 Å². The summed E-state index contributed by atoms with van der Waals surface area (Å²) in [6.45, 7) is -0.0570. The smallest absolute Gasteiger partial charge is 0.271 e. The molecule has 2 rings (SSSR count). The fourth-order valence-corrected chi connectivity index (χ4v) is 1.65. The summed E-state index contributed by atoms with van der Waals surface area (Å²) in [4.78, 5) is 21.8. The molecule has 0 radical (unpaired) electrons. The third-order valence-corrected chi connectivity index (χ3v) is 2.64. The number of nitrogens with one attached hydrogen (secondary N) is 2. The van der Waals surface area contributed by atoms with Gasteiger partial charge >= 0.3 is 0 Å². The minimum Gasteiger partial charge on any atom is -0.376 e. The van der Waals surface area contributed by atoms with Gasteiger partial charge in [-0.2, -0.15) is 0 Å². The molecular weight excluding hydrogens is 277 g/mol. The summed E-state index contributed by atoms with van der Waals surface area (Å²) in [6.07, 6.45) is 0. The molecule has 0 aliphatic carbocycles. The molecule has 7 heteroatoms. The Kier molecular flexibility index (Phi) is 4.45. The Morgan fingerprint density at radius 3 is 2.52 bits per heavy atom. The Morgan fingerprint density at radius 2 is 1.86 bits per heavy atom. The molecule has 0 bridgehead atoms. The minimum absolute atomic E-state index is 0.0565. The zero-order valence-corrected chi connectivity index (χ0v) is 10.9. The van der Waals surface area contributed by atoms with Crippen molar-refractivity contribution >= 4 is 23.0 Å². The van der Waals surface area contributed by atoms with Gasteiger partial charge in [0.25, 0.3) is 5.69 Å². The summed E-state index contributed by atoms with van der Waals surface area (Å²) in [5.41, 5.74) is 0.889. The molecule has 0 aliphatic rings. The number of nitrogens with zero attached hydrogens (tertiary/aromatic N) is 1. The van der Waals surface area contributed by atoms with Crippen LogP contribution in [0.15, 0.2) is 48.5 Å². The molecule has 2 aromatic carbocycles. The third-order valence-electron chi connectivity index (χ3n) is 2.64. The van der Waals surface area contributed by atoms with Crippen LogP contribution in [0.25, 0.3) is 0 Å². The van der Waals surface area contributed by atoms with E-state index in [9.17, 15) is 19.3 Å². The lowest BCUT2D eigenvalue weighted by atomic mass is 10.3. The van der Waals surface area contributed by atoms with Gasteiger partial charge < -0.3 is 10.6 Å². The summed E-state index contributed by atoms with van der Waals surface area (Å²) in [5.74, 6) is -0.726. The minimum atomic E-state index is -0.510. The van der Waals surface area contributed by atoms with Crippen molar-refractivity contribution in [3.63, 3.8) is 0 Å². The Labute approximate surface area is 119 Å². The molecule has 2 N–H and O–H groups in total. The number of hydrogen-bond acceptors (Lipinski definition) is 4. The topological polar surface area (TPSA) is 84.3 Å². The fourth-order valence-electron chi connectivity index (χ4n) is 1.65. The summed E-state index contributed by atoms with van der Waals surface area (Å²) in [6, 6.07) is 11.2. The first-order valence-corrected chi connectivity index (χ1v) is 6.08. The Balaban J connectivity index is 1.90. The maximum atomic E-state index is 12.7. The van der Waals surface area contributed by atoms with Crippen LogP contribution in [0.3, 0.4) is 0 Å². The van der Waals surface area contributed by atoms with E-state index in [1.54, 1.807) is 6.07 Å². The van der Waals surface area contributed by atoms with Gasteiger partial charge in [-0.3, -0.25) is 14.9 Å². The number of rotatable bonds is 5. The van der Waals surface area contributed by atoms with E-state index in [1.807, 2.05) is 0 Å². The van der Waals surface area contributed by atoms with E-state index in [0.29, 0.717) is 11.4 Å². The van der Waals surface area contributed by atoms with Gasteiger partial charge in [0.15, 0.2) is 0 Å². The molecule has 1 amide bonds. The number of nitro groups is 1. The molecule has 0 heterocycles. The number of anilines is 2. The molecule has 0 saturated carbocycles. The lowest BCUT2D eigenvalue weighted by molar-refractivity contribution is -0.384. The second-order valence-corrected chi connectivity index (χ2v) is 4.22. The van der Waals surface area contributed by atoms with E-state index >= 15 is 0 Å². The van der Waals surface area contributed by atoms with Crippen LogP contribution in [0.4, 0.5) is 21.5 Å². The number of nitro benzene ring substituents is 1. The van der Waals surface area contributed by atoms with E-state index in [-0.39, 0.29) is 24.0 Å². The van der Waals surface area contributed by atoms with Gasteiger partial charge in [0, 0.05) is 23.5 Å². The second kappa shape index (κ2) is 6.47. The summed E-state index contributed by atoms with van der Waals surface area (Å²) >= 11 is 0. The molecular formula is C14H12FN3O3. The Bertz CT molecular complexity index is 659. The highest BCUT2D eigenvalue weighted by molar-refractivity contribution is 5.93. The number of hydrogen-bond donors (Lipinski definition) is 2. The predicted octanol–water partition coefficient (Wildman–Crippen LogP) is 2.78. The quantitative estimate of drug-likeness (QED) is 0.654. The van der Waals surface area contributed by atoms with Crippen molar-refractivity contribution in [2.45, 2.75) is 0 Å². The molecule has 0 saturated heterocycles. The fraction of sp³-hybridized carbons (Fsp3) is 0.0714. The normalized spacial score (nSPS) is 9.95. The maximum Gasteiger partial charge on any atom is 0.271 e. The van der Waals surface area contributed by atoms with E-state index < -0.39 is 4.92 Å². The summed E-state index contributed by atoms with van der Waals surface area (Å²) < 4.78 is 12.7. The van der Waals surface area contributed by atoms with Crippen LogP contribution in [0.1, 0.15) is 0 Å². The largest absolute Gasteiger partial charge is 0.376 e. The van der Waals surface area contributed by atoms with E-state index in [2.05, 4.69) is 10.6 Å². The molecule has 0 spiro atoms. The van der Waals surface area contributed by atoms with Crippen LogP contribution in [-0.4, -0.2) is 17.4 Å². The molecule has 0 aliphatic heterocycles. The van der Waals surface area contributed by atoms with E-state index in [4.69, 9.17) is 0 Å². The van der Waals surface area contributed by atoms with Crippen molar-refractivity contribution < 1.29 is 14.1 Å². The van der Waals surface area contributed by atoms with E-state index in [0.717, 1.165) is 0 Å². The molecule has 21 heavy (non-hydrogen) atoms. The zero-order valence-electron chi connectivity index (χ0n) is 10.9. The van der Waals surface area contributed by atoms with Gasteiger partial charge in [-0.1, -0.05) is 6.07 Å². The Hall–Kier alpha value is -2.96. The van der Waals surface area contributed by atoms with Crippen molar-refractivity contribution in [2.24, 2.45) is 0 Å². The van der Waals surface area contributed by atoms with Gasteiger partial charge in [-0.05, 0) is 30.3 Å². The SMILES string of the molecule is O=C(CNc1cccc([N+](=O)[O-])c1)Nc1ccc(F)cc1. The van der Waals surface area contributed by atoms with E-state index in [1.165, 1.54) is 42.5 Å². The zero-order chi connectivity index (χ0) is 15.2. The summed E-state index contributed by atoms with van der Waals surface area (Å²) in [5, 5.41) is 16.0. The van der Waals surface area contributed by atoms with Crippen molar-refractivity contribution in [1.29, 1.82) is 0 Å². The highest BCUT2D eigenvalue weighted by Gasteiger charge is 2.07. The number of carbonyl (C=O) groups is 1. The number of non-ortho nitro benzene ring substituents is 1. The van der Waals surface area contributed by atoms with Gasteiger partial charge in [0.1, 0.15) is 5.82 Å². The van der Waals surface area contributed by atoms with Crippen LogP contribution >= 0.6 is 0 Å². The van der Waals surface area contributed by atoms with Crippen molar-refractivity contribution in [3.8, 4) is 0 Å². The first kappa shape index (κ1) is 14.4. The van der Waals surface area contributed by atoms with Gasteiger partial charge in [-0.15, -0.1) is 0 Å². The van der Waals surface area contributed by atoms with Gasteiger partial charge in [0.2, 0.25) is 5.91 Å². The van der Waals surface area contributed by atoms with Crippen molar-refractivity contribution in [1.82, 2.24) is 0 Å². The molecule has 0 fully saturated rings. The Morgan fingerprint density at radius 1 is 1.14 bits per heavy atom. The average molecular weight is 289 g/mol. The average Bonchev–Trinajstić information content (AvgIpc) is 2.48. The lowest BCUT2D eigenvalue weighted by Crippen LogP contribution is -2.21. The number of benzene rings is 2. The summed E-state index contributed by atoms with van der Waals surface area (Å²) in [7, 11) is 0. The maximum absolute atomic E-state index is 12.7. The van der Waals surface area contributed by atoms with Crippen molar-refractivity contribution in [2.75, 3.05) is 17.2 Å². The standard InChI is InChI=1S/C14H12FN3O3/c15-10-4-6-11(7-5-10)17-14(19)9-16-12-2-1-3-13(8-12)18(20)21/h1-8,16H,9H2,(H,17,19). The lowest BCUT2D eigenvalue weighted by Gasteiger charge is -2.07.